The fraction of sp³-hybridized carbons (Fsp3) is 0.294. The van der Waals surface area contributed by atoms with Crippen LogP contribution in [-0.2, 0) is 17.8 Å². The largest absolute Gasteiger partial charge is 0.321 e. The number of nitrogens with one attached hydrogen (secondary N) is 1. The van der Waals surface area contributed by atoms with Gasteiger partial charge in [0.2, 0.25) is 0 Å². The Balaban J connectivity index is 1.93. The van der Waals surface area contributed by atoms with Gasteiger partial charge in [0.1, 0.15) is 17.5 Å². The molecule has 0 atom stereocenters. The van der Waals surface area contributed by atoms with Gasteiger partial charge in [-0.25, -0.2) is 0 Å². The molecule has 0 spiro atoms. The Bertz CT molecular complexity index is 922. The minimum Gasteiger partial charge on any atom is -0.321 e. The highest BCUT2D eigenvalue weighted by Gasteiger charge is 2.31. The smallest absolute Gasteiger partial charge is 0.257 e. The molecule has 0 saturated carbocycles. The van der Waals surface area contributed by atoms with Gasteiger partial charge in [-0.15, -0.1) is 10.2 Å². The Morgan fingerprint density at radius 3 is 3.00 bits per heavy atom. The van der Waals surface area contributed by atoms with Gasteiger partial charge in [-0.3, -0.25) is 4.79 Å². The SMILES string of the molecule is N#C/C(=C1/C(=O)Nc2ccc(Br)cc21)c1nnc2n1CCCCC2. The first-order chi connectivity index (χ1) is 11.7. The van der Waals surface area contributed by atoms with Gasteiger partial charge < -0.3 is 9.88 Å². The molecule has 6 nitrogen and oxygen atoms in total. The van der Waals surface area contributed by atoms with E-state index >= 15 is 0 Å². The second kappa shape index (κ2) is 5.87. The molecule has 0 fully saturated rings. The van der Waals surface area contributed by atoms with Gasteiger partial charge >= 0.3 is 0 Å². The molecule has 24 heavy (non-hydrogen) atoms. The van der Waals surface area contributed by atoms with Crippen LogP contribution in [0, 0.1) is 11.3 Å². The van der Waals surface area contributed by atoms with Gasteiger partial charge in [-0.2, -0.15) is 5.26 Å². The van der Waals surface area contributed by atoms with Crippen LogP contribution < -0.4 is 5.32 Å². The van der Waals surface area contributed by atoms with Crippen molar-refractivity contribution in [3.05, 3.63) is 39.9 Å². The second-order valence-corrected chi connectivity index (χ2v) is 6.82. The van der Waals surface area contributed by atoms with Crippen LogP contribution in [0.4, 0.5) is 5.69 Å². The molecule has 2 aliphatic rings. The van der Waals surface area contributed by atoms with Crippen LogP contribution in [0.1, 0.15) is 36.5 Å². The second-order valence-electron chi connectivity index (χ2n) is 5.91. The van der Waals surface area contributed by atoms with Crippen molar-refractivity contribution in [2.45, 2.75) is 32.2 Å². The van der Waals surface area contributed by atoms with E-state index in [0.29, 0.717) is 17.1 Å². The number of nitriles is 1. The minimum atomic E-state index is -0.273. The zero-order chi connectivity index (χ0) is 16.7. The topological polar surface area (TPSA) is 83.6 Å². The lowest BCUT2D eigenvalue weighted by Gasteiger charge is -2.07. The number of fused-ring (bicyclic) bond motifs is 2. The number of hydrogen-bond donors (Lipinski definition) is 1. The molecule has 0 saturated heterocycles. The van der Waals surface area contributed by atoms with Crippen LogP contribution in [0.5, 0.6) is 0 Å². The van der Waals surface area contributed by atoms with Gasteiger partial charge in [0.05, 0.1) is 5.57 Å². The zero-order valence-electron chi connectivity index (χ0n) is 12.8. The van der Waals surface area contributed by atoms with Crippen molar-refractivity contribution >= 4 is 38.7 Å². The summed E-state index contributed by atoms with van der Waals surface area (Å²) in [6.45, 7) is 0.781. The molecular weight excluding hydrogens is 370 g/mol. The Morgan fingerprint density at radius 1 is 1.29 bits per heavy atom. The van der Waals surface area contributed by atoms with E-state index in [1.807, 2.05) is 22.8 Å². The van der Waals surface area contributed by atoms with Crippen LogP contribution >= 0.6 is 15.9 Å². The van der Waals surface area contributed by atoms with Gasteiger partial charge in [0.15, 0.2) is 5.82 Å². The maximum atomic E-state index is 12.5. The molecule has 0 unspecified atom stereocenters. The van der Waals surface area contributed by atoms with Gasteiger partial charge in [-0.1, -0.05) is 22.4 Å². The standard InChI is InChI=1S/C17H14BrN5O/c18-10-5-6-13-11(8-10)15(17(24)20-13)12(9-19)16-22-21-14-4-2-1-3-7-23(14)16/h5-6,8H,1-4,7H2,(H,20,24)/b15-12-. The molecule has 7 heteroatoms. The Labute approximate surface area is 147 Å². The molecule has 4 rings (SSSR count). The number of amides is 1. The summed E-state index contributed by atoms with van der Waals surface area (Å²) in [6.07, 6.45) is 4.10. The van der Waals surface area contributed by atoms with Gasteiger partial charge in [0, 0.05) is 28.7 Å². The van der Waals surface area contributed by atoms with E-state index in [0.717, 1.165) is 48.1 Å². The number of anilines is 1. The number of nitrogens with zero attached hydrogens (tertiary/aromatic N) is 4. The zero-order valence-corrected chi connectivity index (χ0v) is 14.4. The van der Waals surface area contributed by atoms with Crippen LogP contribution in [0.3, 0.4) is 0 Å². The summed E-state index contributed by atoms with van der Waals surface area (Å²) in [4.78, 5) is 12.5. The number of halogens is 1. The first-order valence-corrected chi connectivity index (χ1v) is 8.66. The first kappa shape index (κ1) is 15.1. The van der Waals surface area contributed by atoms with Crippen molar-refractivity contribution < 1.29 is 4.79 Å². The summed E-state index contributed by atoms with van der Waals surface area (Å²) >= 11 is 3.42. The van der Waals surface area contributed by atoms with E-state index < -0.39 is 0 Å². The van der Waals surface area contributed by atoms with E-state index in [1.165, 1.54) is 0 Å². The van der Waals surface area contributed by atoms with Crippen LogP contribution in [-0.4, -0.2) is 20.7 Å². The minimum absolute atomic E-state index is 0.273. The fourth-order valence-electron chi connectivity index (χ4n) is 3.28. The molecule has 1 N–H and O–H groups in total. The van der Waals surface area contributed by atoms with Gasteiger partial charge in [0.25, 0.3) is 5.91 Å². The van der Waals surface area contributed by atoms with Crippen molar-refractivity contribution in [2.24, 2.45) is 0 Å². The van der Waals surface area contributed by atoms with E-state index in [9.17, 15) is 10.1 Å². The molecule has 120 valence electrons. The molecule has 1 amide bonds. The average Bonchev–Trinajstić information content (AvgIpc) is 3.01. The molecule has 1 aromatic carbocycles. The number of hydrogen-bond acceptors (Lipinski definition) is 4. The molecule has 0 radical (unpaired) electrons. The maximum absolute atomic E-state index is 12.5. The van der Waals surface area contributed by atoms with Crippen molar-refractivity contribution in [1.82, 2.24) is 14.8 Å². The molecule has 2 aliphatic heterocycles. The van der Waals surface area contributed by atoms with Crippen molar-refractivity contribution in [2.75, 3.05) is 5.32 Å². The normalized spacial score (nSPS) is 18.2. The summed E-state index contributed by atoms with van der Waals surface area (Å²) in [5.74, 6) is 1.11. The Kier molecular flexibility index (Phi) is 3.69. The predicted molar refractivity (Wildman–Crippen MR) is 92.8 cm³/mol. The van der Waals surface area contributed by atoms with E-state index in [2.05, 4.69) is 37.5 Å². The molecular formula is C17H14BrN5O. The lowest BCUT2D eigenvalue weighted by atomic mass is 10.0. The molecule has 0 aliphatic carbocycles. The summed E-state index contributed by atoms with van der Waals surface area (Å²) in [5.41, 5.74) is 2.08. The Morgan fingerprint density at radius 2 is 2.17 bits per heavy atom. The molecule has 0 bridgehead atoms. The molecule has 2 aromatic rings. The third kappa shape index (κ3) is 2.34. The number of carbonyl (C=O) groups excluding carboxylic acids is 1. The quantitative estimate of drug-likeness (QED) is 0.605. The van der Waals surface area contributed by atoms with Crippen LogP contribution in [0.2, 0.25) is 0 Å². The van der Waals surface area contributed by atoms with Gasteiger partial charge in [-0.05, 0) is 31.0 Å². The first-order valence-electron chi connectivity index (χ1n) is 7.87. The van der Waals surface area contributed by atoms with Crippen LogP contribution in [0.15, 0.2) is 22.7 Å². The monoisotopic (exact) mass is 383 g/mol. The highest BCUT2D eigenvalue weighted by Crippen LogP contribution is 2.38. The number of aromatic nitrogens is 3. The number of rotatable bonds is 1. The summed E-state index contributed by atoms with van der Waals surface area (Å²) < 4.78 is 2.84. The number of allylic oxidation sites excluding steroid dienone is 1. The summed E-state index contributed by atoms with van der Waals surface area (Å²) in [7, 11) is 0. The lowest BCUT2D eigenvalue weighted by molar-refractivity contribution is -0.110. The number of benzene rings is 1. The highest BCUT2D eigenvalue weighted by molar-refractivity contribution is 9.10. The number of carbonyl (C=O) groups is 1. The van der Waals surface area contributed by atoms with Crippen molar-refractivity contribution in [1.29, 1.82) is 5.26 Å². The Hall–Kier alpha value is -2.46. The molecule has 3 heterocycles. The maximum Gasteiger partial charge on any atom is 0.257 e. The summed E-state index contributed by atoms with van der Waals surface area (Å²) in [6, 6.07) is 7.72. The summed E-state index contributed by atoms with van der Waals surface area (Å²) in [5, 5.41) is 21.0. The lowest BCUT2D eigenvalue weighted by Crippen LogP contribution is -2.09. The van der Waals surface area contributed by atoms with Crippen molar-refractivity contribution in [3.63, 3.8) is 0 Å². The van der Waals surface area contributed by atoms with Crippen molar-refractivity contribution in [3.8, 4) is 6.07 Å². The molecule has 1 aromatic heterocycles. The van der Waals surface area contributed by atoms with E-state index in [1.54, 1.807) is 0 Å². The number of aryl methyl sites for hydroxylation is 1. The van der Waals surface area contributed by atoms with E-state index in [-0.39, 0.29) is 11.5 Å². The third-order valence-corrected chi connectivity index (χ3v) is 4.91. The van der Waals surface area contributed by atoms with Crippen LogP contribution in [0.25, 0.3) is 11.1 Å². The predicted octanol–water partition coefficient (Wildman–Crippen LogP) is 3.15. The third-order valence-electron chi connectivity index (χ3n) is 4.42. The average molecular weight is 384 g/mol. The van der Waals surface area contributed by atoms with E-state index in [4.69, 9.17) is 0 Å². The fourth-order valence-corrected chi connectivity index (χ4v) is 3.64. The highest BCUT2D eigenvalue weighted by atomic mass is 79.9.